The number of likely N-dealkylation sites (tertiary alicyclic amines) is 1. The van der Waals surface area contributed by atoms with Crippen molar-refractivity contribution in [1.29, 1.82) is 0 Å². The van der Waals surface area contributed by atoms with Crippen molar-refractivity contribution in [2.75, 3.05) is 26.2 Å². The topological polar surface area (TPSA) is 52.9 Å². The highest BCUT2D eigenvalue weighted by Gasteiger charge is 2.24. The standard InChI is InChI=1S/C16H22N2O2/c1-13-4-6-14(7-5-13)11-17-8-10-18-9-2-3-15(12-18)16(19)20/h4-7,11,15H,2-3,8-10,12H2,1H3,(H,19,20). The number of hydrogen-bond donors (Lipinski definition) is 1. The molecule has 1 aromatic rings. The van der Waals surface area contributed by atoms with Gasteiger partial charge in [0.05, 0.1) is 12.5 Å². The summed E-state index contributed by atoms with van der Waals surface area (Å²) in [6.45, 7) is 5.28. The van der Waals surface area contributed by atoms with Crippen LogP contribution >= 0.6 is 0 Å². The van der Waals surface area contributed by atoms with E-state index in [2.05, 4.69) is 41.1 Å². The van der Waals surface area contributed by atoms with E-state index in [1.165, 1.54) is 5.56 Å². The van der Waals surface area contributed by atoms with Gasteiger partial charge in [-0.1, -0.05) is 29.8 Å². The van der Waals surface area contributed by atoms with Gasteiger partial charge in [-0.25, -0.2) is 0 Å². The fourth-order valence-electron chi connectivity index (χ4n) is 2.48. The highest BCUT2D eigenvalue weighted by molar-refractivity contribution is 5.79. The molecular formula is C16H22N2O2. The summed E-state index contributed by atoms with van der Waals surface area (Å²) < 4.78 is 0. The molecule has 1 heterocycles. The summed E-state index contributed by atoms with van der Waals surface area (Å²) in [6, 6.07) is 8.26. The van der Waals surface area contributed by atoms with Crippen molar-refractivity contribution in [2.24, 2.45) is 10.9 Å². The summed E-state index contributed by atoms with van der Waals surface area (Å²) in [5.41, 5.74) is 2.35. The number of carboxylic acid groups (broad SMARTS) is 1. The molecule has 1 fully saturated rings. The first-order valence-electron chi connectivity index (χ1n) is 7.17. The molecular weight excluding hydrogens is 252 g/mol. The summed E-state index contributed by atoms with van der Waals surface area (Å²) >= 11 is 0. The van der Waals surface area contributed by atoms with Crippen LogP contribution in [0.3, 0.4) is 0 Å². The lowest BCUT2D eigenvalue weighted by atomic mass is 9.98. The number of piperidine rings is 1. The molecule has 4 heteroatoms. The number of aliphatic imine (C=N–C) groups is 1. The van der Waals surface area contributed by atoms with Gasteiger partial charge < -0.3 is 10.0 Å². The predicted octanol–water partition coefficient (Wildman–Crippen LogP) is 2.21. The number of hydrogen-bond acceptors (Lipinski definition) is 3. The lowest BCUT2D eigenvalue weighted by molar-refractivity contribution is -0.143. The van der Waals surface area contributed by atoms with Gasteiger partial charge in [-0.05, 0) is 31.9 Å². The first kappa shape index (κ1) is 14.7. The average molecular weight is 274 g/mol. The fraction of sp³-hybridized carbons (Fsp3) is 0.500. The van der Waals surface area contributed by atoms with Crippen LogP contribution in [-0.2, 0) is 4.79 Å². The molecule has 0 aliphatic carbocycles. The van der Waals surface area contributed by atoms with Crippen LogP contribution in [0.5, 0.6) is 0 Å². The van der Waals surface area contributed by atoms with Crippen LogP contribution in [0.15, 0.2) is 29.3 Å². The van der Waals surface area contributed by atoms with Crippen LogP contribution in [0.2, 0.25) is 0 Å². The lowest BCUT2D eigenvalue weighted by Gasteiger charge is -2.29. The maximum absolute atomic E-state index is 11.0. The Labute approximate surface area is 120 Å². The first-order valence-corrected chi connectivity index (χ1v) is 7.17. The highest BCUT2D eigenvalue weighted by Crippen LogP contribution is 2.16. The Balaban J connectivity index is 1.75. The molecule has 1 saturated heterocycles. The van der Waals surface area contributed by atoms with E-state index in [1.807, 2.05) is 6.21 Å². The third-order valence-corrected chi connectivity index (χ3v) is 3.72. The molecule has 108 valence electrons. The summed E-state index contributed by atoms with van der Waals surface area (Å²) in [5.74, 6) is -0.873. The van der Waals surface area contributed by atoms with Gasteiger partial charge in [0.25, 0.3) is 0 Å². The molecule has 0 amide bonds. The maximum Gasteiger partial charge on any atom is 0.307 e. The quantitative estimate of drug-likeness (QED) is 0.838. The third-order valence-electron chi connectivity index (χ3n) is 3.72. The number of aliphatic carboxylic acids is 1. The highest BCUT2D eigenvalue weighted by atomic mass is 16.4. The Bertz CT molecular complexity index is 468. The molecule has 2 rings (SSSR count). The summed E-state index contributed by atoms with van der Waals surface area (Å²) in [6.07, 6.45) is 3.66. The van der Waals surface area contributed by atoms with Crippen LogP contribution in [-0.4, -0.2) is 48.4 Å². The van der Waals surface area contributed by atoms with Crippen molar-refractivity contribution in [3.05, 3.63) is 35.4 Å². The predicted molar refractivity (Wildman–Crippen MR) is 80.4 cm³/mol. The smallest absolute Gasteiger partial charge is 0.307 e. The number of aryl methyl sites for hydroxylation is 1. The number of carboxylic acids is 1. The first-order chi connectivity index (χ1) is 9.65. The van der Waals surface area contributed by atoms with Crippen LogP contribution in [0.4, 0.5) is 0 Å². The van der Waals surface area contributed by atoms with E-state index >= 15 is 0 Å². The van der Waals surface area contributed by atoms with E-state index in [0.29, 0.717) is 6.54 Å². The minimum absolute atomic E-state index is 0.204. The summed E-state index contributed by atoms with van der Waals surface area (Å²) in [5, 5.41) is 9.04. The lowest BCUT2D eigenvalue weighted by Crippen LogP contribution is -2.39. The molecule has 1 aliphatic rings. The van der Waals surface area contributed by atoms with E-state index in [-0.39, 0.29) is 5.92 Å². The summed E-state index contributed by atoms with van der Waals surface area (Å²) in [4.78, 5) is 17.6. The van der Waals surface area contributed by atoms with E-state index in [1.54, 1.807) is 0 Å². The molecule has 20 heavy (non-hydrogen) atoms. The molecule has 0 aromatic heterocycles. The van der Waals surface area contributed by atoms with E-state index in [4.69, 9.17) is 5.11 Å². The minimum Gasteiger partial charge on any atom is -0.481 e. The second-order valence-electron chi connectivity index (χ2n) is 5.42. The molecule has 1 aromatic carbocycles. The Morgan fingerprint density at radius 3 is 2.90 bits per heavy atom. The van der Waals surface area contributed by atoms with Crippen LogP contribution in [0.25, 0.3) is 0 Å². The van der Waals surface area contributed by atoms with E-state index < -0.39 is 5.97 Å². The molecule has 0 radical (unpaired) electrons. The Hall–Kier alpha value is -1.68. The third kappa shape index (κ3) is 4.46. The van der Waals surface area contributed by atoms with Crippen molar-refractivity contribution in [3.63, 3.8) is 0 Å². The minimum atomic E-state index is -0.669. The van der Waals surface area contributed by atoms with Crippen molar-refractivity contribution in [3.8, 4) is 0 Å². The monoisotopic (exact) mass is 274 g/mol. The van der Waals surface area contributed by atoms with Crippen molar-refractivity contribution >= 4 is 12.2 Å². The van der Waals surface area contributed by atoms with Gasteiger partial charge in [0.2, 0.25) is 0 Å². The maximum atomic E-state index is 11.0. The SMILES string of the molecule is Cc1ccc(C=NCCN2CCCC(C(=O)O)C2)cc1. The van der Waals surface area contributed by atoms with Gasteiger partial charge in [0.15, 0.2) is 0 Å². The van der Waals surface area contributed by atoms with Gasteiger partial charge >= 0.3 is 5.97 Å². The Morgan fingerprint density at radius 1 is 1.45 bits per heavy atom. The van der Waals surface area contributed by atoms with Crippen molar-refractivity contribution in [2.45, 2.75) is 19.8 Å². The molecule has 4 nitrogen and oxygen atoms in total. The van der Waals surface area contributed by atoms with E-state index in [0.717, 1.165) is 38.0 Å². The average Bonchev–Trinajstić information content (AvgIpc) is 2.46. The number of nitrogens with zero attached hydrogens (tertiary/aromatic N) is 2. The molecule has 1 N–H and O–H groups in total. The largest absolute Gasteiger partial charge is 0.481 e. The zero-order chi connectivity index (χ0) is 14.4. The number of carbonyl (C=O) groups is 1. The zero-order valence-electron chi connectivity index (χ0n) is 12.0. The molecule has 1 atom stereocenters. The Morgan fingerprint density at radius 2 is 2.20 bits per heavy atom. The fourth-order valence-corrected chi connectivity index (χ4v) is 2.48. The van der Waals surface area contributed by atoms with Crippen LogP contribution in [0.1, 0.15) is 24.0 Å². The molecule has 1 unspecified atom stereocenters. The zero-order valence-corrected chi connectivity index (χ0v) is 12.0. The van der Waals surface area contributed by atoms with Gasteiger partial charge in [-0.3, -0.25) is 9.79 Å². The van der Waals surface area contributed by atoms with Gasteiger partial charge in [0, 0.05) is 19.3 Å². The van der Waals surface area contributed by atoms with Gasteiger partial charge in [-0.15, -0.1) is 0 Å². The van der Waals surface area contributed by atoms with E-state index in [9.17, 15) is 4.79 Å². The summed E-state index contributed by atoms with van der Waals surface area (Å²) in [7, 11) is 0. The number of benzene rings is 1. The second kappa shape index (κ2) is 7.20. The molecule has 1 aliphatic heterocycles. The van der Waals surface area contributed by atoms with Crippen LogP contribution < -0.4 is 0 Å². The molecule has 0 bridgehead atoms. The second-order valence-corrected chi connectivity index (χ2v) is 5.42. The normalized spacial score (nSPS) is 20.4. The van der Waals surface area contributed by atoms with Gasteiger partial charge in [-0.2, -0.15) is 0 Å². The van der Waals surface area contributed by atoms with Crippen LogP contribution in [0, 0.1) is 12.8 Å². The number of rotatable bonds is 5. The van der Waals surface area contributed by atoms with Gasteiger partial charge in [0.1, 0.15) is 0 Å². The van der Waals surface area contributed by atoms with Crippen molar-refractivity contribution < 1.29 is 9.90 Å². The molecule has 0 saturated carbocycles. The Kier molecular flexibility index (Phi) is 5.30. The van der Waals surface area contributed by atoms with Crippen molar-refractivity contribution in [1.82, 2.24) is 4.90 Å². The molecule has 0 spiro atoms.